The first-order valence-electron chi connectivity index (χ1n) is 7.84. The van der Waals surface area contributed by atoms with Gasteiger partial charge in [-0.05, 0) is 30.3 Å². The average molecular weight is 415 g/mol. The van der Waals surface area contributed by atoms with Gasteiger partial charge in [-0.2, -0.15) is 26.3 Å². The quantitative estimate of drug-likeness (QED) is 0.632. The number of nitrogens with zero attached hydrogens (tertiary/aromatic N) is 3. The SMILES string of the molecule is Nc1nnc(=O)n(-c2ccccc2)c1Nc1cc(C(F)(F)F)cc(C(F)(F)F)c1. The standard InChI is InChI=1S/C17H11F6N5O/c18-16(19,20)9-6-10(17(21,22)23)8-11(7-9)25-14-13(24)26-27-15(29)28(14)12-4-2-1-3-5-12/h1-8,25H,24H2. The molecule has 0 saturated carbocycles. The maximum absolute atomic E-state index is 13.1. The van der Waals surface area contributed by atoms with Gasteiger partial charge in [-0.25, -0.2) is 9.36 Å². The molecular formula is C17H11F6N5O. The summed E-state index contributed by atoms with van der Waals surface area (Å²) >= 11 is 0. The number of halogens is 6. The second-order valence-electron chi connectivity index (χ2n) is 5.81. The van der Waals surface area contributed by atoms with Crippen LogP contribution in [0.5, 0.6) is 0 Å². The Morgan fingerprint density at radius 2 is 1.41 bits per heavy atom. The van der Waals surface area contributed by atoms with E-state index in [1.807, 2.05) is 0 Å². The van der Waals surface area contributed by atoms with Crippen LogP contribution in [-0.4, -0.2) is 14.8 Å². The molecule has 152 valence electrons. The molecule has 0 unspecified atom stereocenters. The molecule has 0 saturated heterocycles. The van der Waals surface area contributed by atoms with E-state index in [1.165, 1.54) is 12.1 Å². The lowest BCUT2D eigenvalue weighted by molar-refractivity contribution is -0.143. The zero-order valence-electron chi connectivity index (χ0n) is 14.2. The summed E-state index contributed by atoms with van der Waals surface area (Å²) in [6.45, 7) is 0. The lowest BCUT2D eigenvalue weighted by Gasteiger charge is -2.18. The minimum atomic E-state index is -5.03. The predicted octanol–water partition coefficient (Wildman–Crippen LogP) is 3.99. The molecule has 0 spiro atoms. The van der Waals surface area contributed by atoms with Crippen LogP contribution in [-0.2, 0) is 12.4 Å². The average Bonchev–Trinajstić information content (AvgIpc) is 2.64. The van der Waals surface area contributed by atoms with Crippen molar-refractivity contribution in [2.75, 3.05) is 11.1 Å². The molecule has 0 bridgehead atoms. The van der Waals surface area contributed by atoms with Gasteiger partial charge >= 0.3 is 18.0 Å². The molecule has 29 heavy (non-hydrogen) atoms. The molecule has 0 aliphatic carbocycles. The van der Waals surface area contributed by atoms with Crippen LogP contribution >= 0.6 is 0 Å². The van der Waals surface area contributed by atoms with Crippen LogP contribution in [0, 0.1) is 0 Å². The van der Waals surface area contributed by atoms with Gasteiger partial charge in [0.2, 0.25) is 0 Å². The van der Waals surface area contributed by atoms with Crippen molar-refractivity contribution in [1.29, 1.82) is 0 Å². The molecule has 6 nitrogen and oxygen atoms in total. The van der Waals surface area contributed by atoms with Gasteiger partial charge in [0.05, 0.1) is 16.8 Å². The van der Waals surface area contributed by atoms with Crippen molar-refractivity contribution in [3.8, 4) is 5.69 Å². The summed E-state index contributed by atoms with van der Waals surface area (Å²) in [7, 11) is 0. The van der Waals surface area contributed by atoms with Crippen LogP contribution in [0.1, 0.15) is 11.1 Å². The number of hydrogen-bond acceptors (Lipinski definition) is 5. The van der Waals surface area contributed by atoms with E-state index < -0.39 is 40.7 Å². The van der Waals surface area contributed by atoms with Crippen LogP contribution in [0.2, 0.25) is 0 Å². The number of alkyl halides is 6. The van der Waals surface area contributed by atoms with E-state index in [2.05, 4.69) is 15.5 Å². The summed E-state index contributed by atoms with van der Waals surface area (Å²) in [4.78, 5) is 12.2. The van der Waals surface area contributed by atoms with Crippen molar-refractivity contribution in [3.05, 3.63) is 70.1 Å². The first kappa shape index (κ1) is 20.2. The molecule has 0 atom stereocenters. The van der Waals surface area contributed by atoms with Crippen LogP contribution in [0.15, 0.2) is 53.3 Å². The molecule has 3 aromatic rings. The molecule has 0 aliphatic heterocycles. The van der Waals surface area contributed by atoms with Gasteiger partial charge in [0.25, 0.3) is 0 Å². The topological polar surface area (TPSA) is 85.8 Å². The van der Waals surface area contributed by atoms with E-state index in [-0.39, 0.29) is 17.6 Å². The molecule has 0 fully saturated rings. The lowest BCUT2D eigenvalue weighted by atomic mass is 10.1. The number of benzene rings is 2. The number of para-hydroxylation sites is 1. The van der Waals surface area contributed by atoms with Crippen molar-refractivity contribution in [1.82, 2.24) is 14.8 Å². The molecule has 3 N–H and O–H groups in total. The predicted molar refractivity (Wildman–Crippen MR) is 91.8 cm³/mol. The van der Waals surface area contributed by atoms with Crippen molar-refractivity contribution >= 4 is 17.3 Å². The molecule has 0 aliphatic rings. The normalized spacial score (nSPS) is 12.1. The highest BCUT2D eigenvalue weighted by Crippen LogP contribution is 2.38. The Kier molecular flexibility index (Phi) is 4.95. The summed E-state index contributed by atoms with van der Waals surface area (Å²) in [5.41, 5.74) is 1.34. The fourth-order valence-electron chi connectivity index (χ4n) is 2.50. The summed E-state index contributed by atoms with van der Waals surface area (Å²) < 4.78 is 79.3. The Bertz CT molecular complexity index is 1060. The molecular weight excluding hydrogens is 404 g/mol. The van der Waals surface area contributed by atoms with Gasteiger partial charge in [0.1, 0.15) is 0 Å². The third-order valence-electron chi connectivity index (χ3n) is 3.77. The van der Waals surface area contributed by atoms with Gasteiger partial charge in [0.15, 0.2) is 11.6 Å². The van der Waals surface area contributed by atoms with Gasteiger partial charge in [-0.15, -0.1) is 5.10 Å². The maximum Gasteiger partial charge on any atom is 0.416 e. The Labute approximate surface area is 158 Å². The number of rotatable bonds is 3. The van der Waals surface area contributed by atoms with Crippen LogP contribution in [0.4, 0.5) is 43.7 Å². The highest BCUT2D eigenvalue weighted by Gasteiger charge is 2.37. The Hall–Kier alpha value is -3.57. The number of nitrogen functional groups attached to an aromatic ring is 1. The summed E-state index contributed by atoms with van der Waals surface area (Å²) in [5.74, 6) is -0.733. The highest BCUT2D eigenvalue weighted by atomic mass is 19.4. The molecule has 2 aromatic carbocycles. The molecule has 3 rings (SSSR count). The second kappa shape index (κ2) is 7.11. The number of hydrogen-bond donors (Lipinski definition) is 2. The van der Waals surface area contributed by atoms with E-state index in [9.17, 15) is 31.1 Å². The summed E-state index contributed by atoms with van der Waals surface area (Å²) in [6, 6.07) is 8.64. The minimum Gasteiger partial charge on any atom is -0.379 e. The molecule has 12 heteroatoms. The third-order valence-corrected chi connectivity index (χ3v) is 3.77. The van der Waals surface area contributed by atoms with E-state index in [0.717, 1.165) is 4.57 Å². The third kappa shape index (κ3) is 4.31. The summed E-state index contributed by atoms with van der Waals surface area (Å²) in [6.07, 6.45) is -10.1. The van der Waals surface area contributed by atoms with Gasteiger partial charge in [0, 0.05) is 5.69 Å². The lowest BCUT2D eigenvalue weighted by Crippen LogP contribution is -2.26. The molecule has 0 amide bonds. The number of aromatic nitrogens is 3. The fraction of sp³-hybridized carbons (Fsp3) is 0.118. The minimum absolute atomic E-state index is 0.0103. The summed E-state index contributed by atoms with van der Waals surface area (Å²) in [5, 5.41) is 9.03. The van der Waals surface area contributed by atoms with Crippen LogP contribution < -0.4 is 16.7 Å². The molecule has 1 aromatic heterocycles. The van der Waals surface area contributed by atoms with Crippen molar-refractivity contribution in [2.24, 2.45) is 0 Å². The Balaban J connectivity index is 2.19. The van der Waals surface area contributed by atoms with Crippen LogP contribution in [0.3, 0.4) is 0 Å². The largest absolute Gasteiger partial charge is 0.416 e. The van der Waals surface area contributed by atoms with E-state index in [4.69, 9.17) is 5.73 Å². The van der Waals surface area contributed by atoms with Crippen molar-refractivity contribution in [3.63, 3.8) is 0 Å². The molecule has 1 heterocycles. The van der Waals surface area contributed by atoms with Gasteiger partial charge in [-0.1, -0.05) is 23.3 Å². The zero-order chi connectivity index (χ0) is 21.4. The van der Waals surface area contributed by atoms with E-state index in [1.54, 1.807) is 18.2 Å². The van der Waals surface area contributed by atoms with E-state index >= 15 is 0 Å². The number of nitrogens with one attached hydrogen (secondary N) is 1. The highest BCUT2D eigenvalue weighted by molar-refractivity contribution is 5.69. The Morgan fingerprint density at radius 1 is 0.862 bits per heavy atom. The number of nitrogens with two attached hydrogens (primary N) is 1. The van der Waals surface area contributed by atoms with Gasteiger partial charge < -0.3 is 11.1 Å². The Morgan fingerprint density at radius 3 is 1.93 bits per heavy atom. The first-order valence-corrected chi connectivity index (χ1v) is 7.84. The van der Waals surface area contributed by atoms with Crippen LogP contribution in [0.25, 0.3) is 5.69 Å². The molecule has 0 radical (unpaired) electrons. The fourth-order valence-corrected chi connectivity index (χ4v) is 2.50. The van der Waals surface area contributed by atoms with Crippen molar-refractivity contribution < 1.29 is 26.3 Å². The number of anilines is 3. The maximum atomic E-state index is 13.1. The second-order valence-corrected chi connectivity index (χ2v) is 5.81. The zero-order valence-corrected chi connectivity index (χ0v) is 14.2. The monoisotopic (exact) mass is 415 g/mol. The van der Waals surface area contributed by atoms with E-state index in [0.29, 0.717) is 12.1 Å². The van der Waals surface area contributed by atoms with Gasteiger partial charge in [-0.3, -0.25) is 0 Å². The smallest absolute Gasteiger partial charge is 0.379 e. The first-order chi connectivity index (χ1) is 13.5. The van der Waals surface area contributed by atoms with Crippen molar-refractivity contribution in [2.45, 2.75) is 12.4 Å².